The van der Waals surface area contributed by atoms with E-state index in [1.54, 1.807) is 20.8 Å². The smallest absolute Gasteiger partial charge is 0.407 e. The summed E-state index contributed by atoms with van der Waals surface area (Å²) in [6.45, 7) is 9.21. The van der Waals surface area contributed by atoms with Crippen LogP contribution in [0.5, 0.6) is 0 Å². The molecule has 0 fully saturated rings. The Labute approximate surface area is 200 Å². The van der Waals surface area contributed by atoms with E-state index in [1.165, 1.54) is 0 Å². The van der Waals surface area contributed by atoms with Gasteiger partial charge in [-0.25, -0.2) is 9.59 Å². The molecule has 0 spiro atoms. The molecule has 0 heterocycles. The standard InChI is InChI=1S/C27H34N2O5/c1-16(2)14-22(24(30)29-23(25(31)32)27(3,4)5)28-26(33)34-15-21-19-12-8-6-10-17(19)18-11-7-9-13-20(18)21/h6-13,16,21-23H,14-15H2,1-5H3,(H,28,33)(H,29,30)(H,31,32). The molecule has 2 atom stereocenters. The van der Waals surface area contributed by atoms with Gasteiger partial charge in [-0.05, 0) is 40.0 Å². The molecule has 1 aliphatic rings. The first-order valence-electron chi connectivity index (χ1n) is 11.6. The van der Waals surface area contributed by atoms with Crippen molar-refractivity contribution in [1.82, 2.24) is 10.6 Å². The Morgan fingerprint density at radius 3 is 1.94 bits per heavy atom. The number of ether oxygens (including phenoxy) is 1. The van der Waals surface area contributed by atoms with Gasteiger partial charge in [-0.3, -0.25) is 4.79 Å². The Kier molecular flexibility index (Phi) is 7.64. The third-order valence-electron chi connectivity index (χ3n) is 6.06. The van der Waals surface area contributed by atoms with Gasteiger partial charge in [0.15, 0.2) is 0 Å². The lowest BCUT2D eigenvalue weighted by Gasteiger charge is -2.30. The van der Waals surface area contributed by atoms with Crippen LogP contribution in [0.3, 0.4) is 0 Å². The summed E-state index contributed by atoms with van der Waals surface area (Å²) in [5.41, 5.74) is 3.77. The van der Waals surface area contributed by atoms with Crippen molar-refractivity contribution in [2.45, 2.75) is 59.0 Å². The minimum atomic E-state index is -1.12. The van der Waals surface area contributed by atoms with E-state index in [-0.39, 0.29) is 18.4 Å². The molecule has 3 N–H and O–H groups in total. The van der Waals surface area contributed by atoms with Crippen LogP contribution in [-0.2, 0) is 14.3 Å². The number of carboxylic acids is 1. The molecule has 2 unspecified atom stereocenters. The number of aliphatic carboxylic acids is 1. The summed E-state index contributed by atoms with van der Waals surface area (Å²) in [5, 5.41) is 14.8. The lowest BCUT2D eigenvalue weighted by Crippen LogP contribution is -2.55. The van der Waals surface area contributed by atoms with Crippen molar-refractivity contribution < 1.29 is 24.2 Å². The van der Waals surface area contributed by atoms with Crippen LogP contribution in [0, 0.1) is 11.3 Å². The molecule has 7 heteroatoms. The van der Waals surface area contributed by atoms with Crippen molar-refractivity contribution >= 4 is 18.0 Å². The van der Waals surface area contributed by atoms with Gasteiger partial charge in [0.25, 0.3) is 0 Å². The Morgan fingerprint density at radius 1 is 0.941 bits per heavy atom. The molecule has 0 aromatic heterocycles. The number of benzene rings is 2. The van der Waals surface area contributed by atoms with Gasteiger partial charge in [-0.15, -0.1) is 0 Å². The molecule has 2 aromatic carbocycles. The van der Waals surface area contributed by atoms with Crippen molar-refractivity contribution in [2.24, 2.45) is 11.3 Å². The van der Waals surface area contributed by atoms with Gasteiger partial charge in [0.05, 0.1) is 0 Å². The van der Waals surface area contributed by atoms with Crippen LogP contribution in [0.15, 0.2) is 48.5 Å². The van der Waals surface area contributed by atoms with E-state index in [1.807, 2.05) is 50.2 Å². The van der Waals surface area contributed by atoms with Crippen LogP contribution in [-0.4, -0.2) is 41.8 Å². The third-order valence-corrected chi connectivity index (χ3v) is 6.06. The molecule has 0 aliphatic heterocycles. The van der Waals surface area contributed by atoms with Gasteiger partial charge in [-0.1, -0.05) is 83.1 Å². The number of alkyl carbamates (subject to hydrolysis) is 1. The van der Waals surface area contributed by atoms with Crippen molar-refractivity contribution in [3.8, 4) is 11.1 Å². The highest BCUT2D eigenvalue weighted by atomic mass is 16.5. The van der Waals surface area contributed by atoms with Gasteiger partial charge in [0, 0.05) is 5.92 Å². The highest BCUT2D eigenvalue weighted by Gasteiger charge is 2.35. The lowest BCUT2D eigenvalue weighted by atomic mass is 9.86. The highest BCUT2D eigenvalue weighted by molar-refractivity contribution is 5.89. The van der Waals surface area contributed by atoms with Crippen LogP contribution in [0.1, 0.15) is 58.1 Å². The number of carboxylic acid groups (broad SMARTS) is 1. The van der Waals surface area contributed by atoms with E-state index in [2.05, 4.69) is 22.8 Å². The summed E-state index contributed by atoms with van der Waals surface area (Å²) in [4.78, 5) is 37.3. The van der Waals surface area contributed by atoms with Crippen molar-refractivity contribution in [1.29, 1.82) is 0 Å². The SMILES string of the molecule is CC(C)CC(NC(=O)OCC1c2ccccc2-c2ccccc21)C(=O)NC(C(=O)O)C(C)(C)C. The van der Waals surface area contributed by atoms with E-state index < -0.39 is 35.5 Å². The average molecular weight is 467 g/mol. The second-order valence-electron chi connectivity index (χ2n) is 10.3. The van der Waals surface area contributed by atoms with Gasteiger partial charge in [-0.2, -0.15) is 0 Å². The van der Waals surface area contributed by atoms with E-state index >= 15 is 0 Å². The Balaban J connectivity index is 1.69. The summed E-state index contributed by atoms with van der Waals surface area (Å²) in [6.07, 6.45) is -0.350. The molecule has 0 saturated heterocycles. The van der Waals surface area contributed by atoms with Crippen LogP contribution < -0.4 is 10.6 Å². The quantitative estimate of drug-likeness (QED) is 0.529. The van der Waals surface area contributed by atoms with E-state index in [0.717, 1.165) is 22.3 Å². The third kappa shape index (κ3) is 5.76. The summed E-state index contributed by atoms with van der Waals surface area (Å²) in [7, 11) is 0. The van der Waals surface area contributed by atoms with Gasteiger partial charge >= 0.3 is 12.1 Å². The molecule has 0 saturated carbocycles. The molecule has 182 valence electrons. The number of fused-ring (bicyclic) bond motifs is 3. The molecule has 2 aromatic rings. The highest BCUT2D eigenvalue weighted by Crippen LogP contribution is 2.44. The molecule has 3 rings (SSSR count). The first kappa shape index (κ1) is 25.3. The minimum Gasteiger partial charge on any atom is -0.480 e. The number of rotatable bonds is 8. The minimum absolute atomic E-state index is 0.0900. The summed E-state index contributed by atoms with van der Waals surface area (Å²) < 4.78 is 5.58. The zero-order chi connectivity index (χ0) is 25.0. The Hall–Kier alpha value is -3.35. The zero-order valence-corrected chi connectivity index (χ0v) is 20.4. The first-order valence-corrected chi connectivity index (χ1v) is 11.6. The van der Waals surface area contributed by atoms with Crippen LogP contribution in [0.4, 0.5) is 4.79 Å². The van der Waals surface area contributed by atoms with Crippen molar-refractivity contribution in [2.75, 3.05) is 6.61 Å². The lowest BCUT2D eigenvalue weighted by molar-refractivity contribution is -0.145. The number of nitrogens with one attached hydrogen (secondary N) is 2. The van der Waals surface area contributed by atoms with Gasteiger partial charge in [0.2, 0.25) is 5.91 Å². The second-order valence-corrected chi connectivity index (χ2v) is 10.3. The fourth-order valence-corrected chi connectivity index (χ4v) is 4.38. The number of amides is 2. The molecule has 0 radical (unpaired) electrons. The Bertz CT molecular complexity index is 1010. The maximum absolute atomic E-state index is 12.9. The molecule has 7 nitrogen and oxygen atoms in total. The zero-order valence-electron chi connectivity index (χ0n) is 20.4. The van der Waals surface area contributed by atoms with Crippen LogP contribution >= 0.6 is 0 Å². The van der Waals surface area contributed by atoms with E-state index in [4.69, 9.17) is 4.74 Å². The largest absolute Gasteiger partial charge is 0.480 e. The normalized spacial score (nSPS) is 14.6. The number of hydrogen-bond donors (Lipinski definition) is 3. The number of carbonyl (C=O) groups excluding carboxylic acids is 2. The molecule has 2 amide bonds. The predicted octanol–water partition coefficient (Wildman–Crippen LogP) is 4.56. The van der Waals surface area contributed by atoms with Crippen molar-refractivity contribution in [3.05, 3.63) is 59.7 Å². The van der Waals surface area contributed by atoms with Crippen molar-refractivity contribution in [3.63, 3.8) is 0 Å². The fraction of sp³-hybridized carbons (Fsp3) is 0.444. The first-order chi connectivity index (χ1) is 16.0. The van der Waals surface area contributed by atoms with E-state index in [9.17, 15) is 19.5 Å². The monoisotopic (exact) mass is 466 g/mol. The number of carbonyl (C=O) groups is 3. The van der Waals surface area contributed by atoms with Crippen LogP contribution in [0.25, 0.3) is 11.1 Å². The summed E-state index contributed by atoms with van der Waals surface area (Å²) in [5.74, 6) is -1.65. The van der Waals surface area contributed by atoms with Gasteiger partial charge in [0.1, 0.15) is 18.7 Å². The summed E-state index contributed by atoms with van der Waals surface area (Å²) in [6, 6.07) is 14.1. The van der Waals surface area contributed by atoms with E-state index in [0.29, 0.717) is 6.42 Å². The molecular weight excluding hydrogens is 432 g/mol. The summed E-state index contributed by atoms with van der Waals surface area (Å²) >= 11 is 0. The average Bonchev–Trinajstić information content (AvgIpc) is 3.08. The molecule has 1 aliphatic carbocycles. The number of hydrogen-bond acceptors (Lipinski definition) is 4. The molecular formula is C27H34N2O5. The van der Waals surface area contributed by atoms with Crippen LogP contribution in [0.2, 0.25) is 0 Å². The molecule has 34 heavy (non-hydrogen) atoms. The second kappa shape index (κ2) is 10.3. The topological polar surface area (TPSA) is 105 Å². The molecule has 0 bridgehead atoms. The van der Waals surface area contributed by atoms with Gasteiger partial charge < -0.3 is 20.5 Å². The Morgan fingerprint density at radius 2 is 1.47 bits per heavy atom. The fourth-order valence-electron chi connectivity index (χ4n) is 4.38. The maximum Gasteiger partial charge on any atom is 0.407 e. The predicted molar refractivity (Wildman–Crippen MR) is 130 cm³/mol. The maximum atomic E-state index is 12.9.